The number of nitrogens with zero attached hydrogens (tertiary/aromatic N) is 3. The third-order valence-corrected chi connectivity index (χ3v) is 5.87. The molecule has 0 saturated carbocycles. The van der Waals surface area contributed by atoms with Crippen molar-refractivity contribution in [1.82, 2.24) is 15.2 Å². The Kier molecular flexibility index (Phi) is 6.22. The summed E-state index contributed by atoms with van der Waals surface area (Å²) in [6.07, 6.45) is 7.61. The summed E-state index contributed by atoms with van der Waals surface area (Å²) >= 11 is 0. The average Bonchev–Trinajstić information content (AvgIpc) is 3.22. The van der Waals surface area contributed by atoms with Gasteiger partial charge in [-0.2, -0.15) is 0 Å². The molecular weight excluding hydrogens is 348 g/mol. The molecule has 4 rings (SSSR count). The van der Waals surface area contributed by atoms with Crippen LogP contribution >= 0.6 is 0 Å². The Morgan fingerprint density at radius 1 is 1.00 bits per heavy atom. The van der Waals surface area contributed by atoms with Crippen LogP contribution in [0.4, 0.5) is 5.82 Å². The second kappa shape index (κ2) is 9.20. The van der Waals surface area contributed by atoms with Crippen molar-refractivity contribution >= 4 is 11.7 Å². The molecule has 2 aliphatic rings. The summed E-state index contributed by atoms with van der Waals surface area (Å²) < 4.78 is 0. The Morgan fingerprint density at radius 3 is 2.64 bits per heavy atom. The van der Waals surface area contributed by atoms with Gasteiger partial charge in [0.1, 0.15) is 5.82 Å². The molecule has 0 spiro atoms. The smallest absolute Gasteiger partial charge is 0.237 e. The molecule has 2 fully saturated rings. The number of amides is 1. The first-order chi connectivity index (χ1) is 13.8. The second-order valence-corrected chi connectivity index (χ2v) is 7.87. The molecule has 0 radical (unpaired) electrons. The van der Waals surface area contributed by atoms with Crippen LogP contribution in [0.1, 0.15) is 43.2 Å². The summed E-state index contributed by atoms with van der Waals surface area (Å²) in [5.41, 5.74) is 2.38. The van der Waals surface area contributed by atoms with Crippen molar-refractivity contribution in [3.63, 3.8) is 0 Å². The van der Waals surface area contributed by atoms with Gasteiger partial charge >= 0.3 is 0 Å². The maximum Gasteiger partial charge on any atom is 0.237 e. The van der Waals surface area contributed by atoms with Crippen LogP contribution in [0, 0.1) is 0 Å². The zero-order valence-corrected chi connectivity index (χ0v) is 16.5. The van der Waals surface area contributed by atoms with Crippen LogP contribution in [-0.4, -0.2) is 41.5 Å². The van der Waals surface area contributed by atoms with Gasteiger partial charge in [0.2, 0.25) is 5.91 Å². The number of carbonyl (C=O) groups excluding carboxylic acids is 1. The van der Waals surface area contributed by atoms with Gasteiger partial charge in [0.05, 0.1) is 6.04 Å². The number of hydrogen-bond donors (Lipinski definition) is 1. The van der Waals surface area contributed by atoms with Crippen LogP contribution in [0.5, 0.6) is 0 Å². The molecule has 28 heavy (non-hydrogen) atoms. The van der Waals surface area contributed by atoms with Crippen LogP contribution in [0.3, 0.4) is 0 Å². The largest absolute Gasteiger partial charge is 0.356 e. The van der Waals surface area contributed by atoms with Crippen molar-refractivity contribution in [3.8, 4) is 0 Å². The normalized spacial score (nSPS) is 20.3. The quantitative estimate of drug-likeness (QED) is 0.837. The van der Waals surface area contributed by atoms with Crippen molar-refractivity contribution in [3.05, 3.63) is 59.8 Å². The monoisotopic (exact) mass is 378 g/mol. The summed E-state index contributed by atoms with van der Waals surface area (Å²) in [5.74, 6) is 1.18. The fourth-order valence-electron chi connectivity index (χ4n) is 4.39. The molecule has 0 bridgehead atoms. The predicted molar refractivity (Wildman–Crippen MR) is 112 cm³/mol. The first-order valence-corrected chi connectivity index (χ1v) is 10.6. The van der Waals surface area contributed by atoms with Crippen molar-refractivity contribution in [2.75, 3.05) is 24.5 Å². The number of hydrogen-bond acceptors (Lipinski definition) is 4. The lowest BCUT2D eigenvalue weighted by Gasteiger charge is -2.29. The van der Waals surface area contributed by atoms with E-state index in [-0.39, 0.29) is 11.9 Å². The highest BCUT2D eigenvalue weighted by Crippen LogP contribution is 2.23. The highest BCUT2D eigenvalue weighted by Gasteiger charge is 2.30. The maximum absolute atomic E-state index is 12.9. The second-order valence-electron chi connectivity index (χ2n) is 7.87. The molecule has 0 aliphatic carbocycles. The molecule has 1 aromatic heterocycles. The highest BCUT2D eigenvalue weighted by atomic mass is 16.2. The molecule has 1 aromatic carbocycles. The third-order valence-electron chi connectivity index (χ3n) is 5.87. The summed E-state index contributed by atoms with van der Waals surface area (Å²) in [7, 11) is 0. The fourth-order valence-corrected chi connectivity index (χ4v) is 4.39. The number of pyridine rings is 1. The zero-order valence-electron chi connectivity index (χ0n) is 16.5. The molecule has 5 nitrogen and oxygen atoms in total. The molecule has 148 valence electrons. The fraction of sp³-hybridized carbons (Fsp3) is 0.478. The van der Waals surface area contributed by atoms with E-state index >= 15 is 0 Å². The van der Waals surface area contributed by atoms with Gasteiger partial charge in [0, 0.05) is 37.9 Å². The van der Waals surface area contributed by atoms with Gasteiger partial charge in [-0.3, -0.25) is 9.69 Å². The minimum atomic E-state index is -0.0321. The lowest BCUT2D eigenvalue weighted by atomic mass is 10.1. The average molecular weight is 379 g/mol. The Balaban J connectivity index is 1.37. The SMILES string of the molecule is O=C(NCc1cccnc1N1CCCCC1)C1CCCN1Cc1ccccc1. The molecule has 5 heteroatoms. The Hall–Kier alpha value is -2.40. The van der Waals surface area contributed by atoms with Gasteiger partial charge in [-0.15, -0.1) is 0 Å². The minimum Gasteiger partial charge on any atom is -0.356 e. The number of benzene rings is 1. The number of likely N-dealkylation sites (tertiary alicyclic amines) is 1. The van der Waals surface area contributed by atoms with E-state index < -0.39 is 0 Å². The topological polar surface area (TPSA) is 48.5 Å². The van der Waals surface area contributed by atoms with Crippen LogP contribution in [-0.2, 0) is 17.9 Å². The number of nitrogens with one attached hydrogen (secondary N) is 1. The van der Waals surface area contributed by atoms with Gasteiger partial charge in [-0.25, -0.2) is 4.98 Å². The minimum absolute atomic E-state index is 0.0321. The van der Waals surface area contributed by atoms with E-state index in [2.05, 4.69) is 50.4 Å². The van der Waals surface area contributed by atoms with E-state index in [0.717, 1.165) is 50.4 Å². The molecule has 1 amide bonds. The summed E-state index contributed by atoms with van der Waals surface area (Å²) in [5, 5.41) is 3.19. The van der Waals surface area contributed by atoms with Crippen molar-refractivity contribution in [2.24, 2.45) is 0 Å². The van der Waals surface area contributed by atoms with E-state index in [4.69, 9.17) is 0 Å². The zero-order chi connectivity index (χ0) is 19.2. The molecular formula is C23H30N4O. The molecule has 2 aromatic rings. The van der Waals surface area contributed by atoms with Crippen LogP contribution < -0.4 is 10.2 Å². The first-order valence-electron chi connectivity index (χ1n) is 10.6. The molecule has 1 atom stereocenters. The van der Waals surface area contributed by atoms with E-state index in [0.29, 0.717) is 6.54 Å². The van der Waals surface area contributed by atoms with Gasteiger partial charge in [0.25, 0.3) is 0 Å². The van der Waals surface area contributed by atoms with Gasteiger partial charge in [0.15, 0.2) is 0 Å². The van der Waals surface area contributed by atoms with E-state index in [9.17, 15) is 4.79 Å². The molecule has 1 unspecified atom stereocenters. The predicted octanol–water partition coefficient (Wildman–Crippen LogP) is 3.35. The highest BCUT2D eigenvalue weighted by molar-refractivity contribution is 5.82. The van der Waals surface area contributed by atoms with E-state index in [1.807, 2.05) is 18.3 Å². The number of piperidine rings is 1. The summed E-state index contributed by atoms with van der Waals surface area (Å²) in [6.45, 7) is 4.49. The third kappa shape index (κ3) is 4.53. The molecule has 3 heterocycles. The van der Waals surface area contributed by atoms with Crippen molar-refractivity contribution < 1.29 is 4.79 Å². The van der Waals surface area contributed by atoms with Gasteiger partial charge < -0.3 is 10.2 Å². The van der Waals surface area contributed by atoms with Gasteiger partial charge in [-0.1, -0.05) is 36.4 Å². The summed E-state index contributed by atoms with van der Waals surface area (Å²) in [4.78, 5) is 22.2. The van der Waals surface area contributed by atoms with Crippen LogP contribution in [0.25, 0.3) is 0 Å². The Bertz CT molecular complexity index is 773. The molecule has 2 aliphatic heterocycles. The van der Waals surface area contributed by atoms with Crippen LogP contribution in [0.15, 0.2) is 48.7 Å². The number of aromatic nitrogens is 1. The molecule has 1 N–H and O–H groups in total. The lowest BCUT2D eigenvalue weighted by molar-refractivity contribution is -0.125. The maximum atomic E-state index is 12.9. The number of carbonyl (C=O) groups is 1. The standard InChI is InChI=1S/C23H30N4O/c28-23(21-12-8-16-27(21)18-19-9-3-1-4-10-19)25-17-20-11-7-13-24-22(20)26-14-5-2-6-15-26/h1,3-4,7,9-11,13,21H,2,5-6,8,12,14-18H2,(H,25,28). The van der Waals surface area contributed by atoms with E-state index in [1.54, 1.807) is 0 Å². The summed E-state index contributed by atoms with van der Waals surface area (Å²) in [6, 6.07) is 14.4. The number of rotatable bonds is 6. The molecule has 2 saturated heterocycles. The lowest BCUT2D eigenvalue weighted by Crippen LogP contribution is -2.42. The number of anilines is 1. The van der Waals surface area contributed by atoms with Crippen molar-refractivity contribution in [1.29, 1.82) is 0 Å². The van der Waals surface area contributed by atoms with Crippen LogP contribution in [0.2, 0.25) is 0 Å². The Labute approximate surface area is 167 Å². The Morgan fingerprint density at radius 2 is 1.82 bits per heavy atom. The van der Waals surface area contributed by atoms with Crippen molar-refractivity contribution in [2.45, 2.75) is 51.2 Å². The first kappa shape index (κ1) is 18.9. The van der Waals surface area contributed by atoms with E-state index in [1.165, 1.54) is 24.8 Å². The van der Waals surface area contributed by atoms with Gasteiger partial charge in [-0.05, 0) is 50.3 Å².